The van der Waals surface area contributed by atoms with Crippen LogP contribution in [0.3, 0.4) is 0 Å². The third-order valence-corrected chi connectivity index (χ3v) is 9.63. The van der Waals surface area contributed by atoms with Crippen molar-refractivity contribution in [2.75, 3.05) is 0 Å². The zero-order valence-corrected chi connectivity index (χ0v) is 29.5. The second-order valence-corrected chi connectivity index (χ2v) is 13.5. The Hall–Kier alpha value is -5.38. The van der Waals surface area contributed by atoms with E-state index in [1.807, 2.05) is 34.9 Å². The molecule has 51 heavy (non-hydrogen) atoms. The first-order valence-electron chi connectivity index (χ1n) is 17.0. The van der Waals surface area contributed by atoms with Crippen LogP contribution in [-0.2, 0) is 0 Å². The molecule has 2 fully saturated rings. The topological polar surface area (TPSA) is 69.8 Å². The van der Waals surface area contributed by atoms with E-state index in [1.54, 1.807) is 47.6 Å². The van der Waals surface area contributed by atoms with Gasteiger partial charge in [-0.25, -0.2) is 18.7 Å². The Labute approximate surface area is 303 Å². The highest BCUT2D eigenvalue weighted by Crippen LogP contribution is 2.29. The number of benzene rings is 4. The summed E-state index contributed by atoms with van der Waals surface area (Å²) in [5, 5.41) is 1.33. The summed E-state index contributed by atoms with van der Waals surface area (Å²) in [6, 6.07) is 23.8. The van der Waals surface area contributed by atoms with Crippen molar-refractivity contribution in [1.29, 1.82) is 0 Å². The number of hydrogen-bond donors (Lipinski definition) is 0. The summed E-state index contributed by atoms with van der Waals surface area (Å²) in [5.74, 6) is 7.68. The third-order valence-electron chi connectivity index (χ3n) is 9.13. The fraction of sp³-hybridized carbons (Fsp3) is 0.238. The van der Waals surface area contributed by atoms with E-state index in [0.717, 1.165) is 41.2 Å². The summed E-state index contributed by atoms with van der Waals surface area (Å²) in [6.07, 6.45) is 17.4. The van der Waals surface area contributed by atoms with Crippen LogP contribution in [0.4, 0.5) is 8.78 Å². The third kappa shape index (κ3) is 8.86. The van der Waals surface area contributed by atoms with E-state index < -0.39 is 0 Å². The van der Waals surface area contributed by atoms with Crippen molar-refractivity contribution in [1.82, 2.24) is 19.1 Å². The van der Waals surface area contributed by atoms with Crippen LogP contribution in [0.1, 0.15) is 80.1 Å². The number of terminal acetylenes is 1. The molecule has 2 aliphatic rings. The predicted molar refractivity (Wildman–Crippen MR) is 201 cm³/mol. The minimum absolute atomic E-state index is 0.0153. The number of nitrogens with zero attached hydrogens (tertiary/aromatic N) is 4. The normalized spacial score (nSPS) is 14.2. The molecule has 2 saturated carbocycles. The van der Waals surface area contributed by atoms with Crippen LogP contribution in [-0.4, -0.2) is 19.1 Å². The monoisotopic (exact) mass is 744 g/mol. The van der Waals surface area contributed by atoms with E-state index in [-0.39, 0.29) is 28.8 Å². The van der Waals surface area contributed by atoms with E-state index in [2.05, 4.69) is 43.7 Å². The van der Waals surface area contributed by atoms with E-state index in [9.17, 15) is 18.4 Å². The van der Waals surface area contributed by atoms with Gasteiger partial charge in [0.05, 0.1) is 34.5 Å². The summed E-state index contributed by atoms with van der Waals surface area (Å²) in [7, 11) is 0. The molecule has 0 bridgehead atoms. The van der Waals surface area contributed by atoms with Gasteiger partial charge < -0.3 is 0 Å². The van der Waals surface area contributed by atoms with Gasteiger partial charge in [0.2, 0.25) is 0 Å². The molecule has 9 heteroatoms. The highest BCUT2D eigenvalue weighted by molar-refractivity contribution is 9.10. The maximum atomic E-state index is 13.2. The van der Waals surface area contributed by atoms with Crippen molar-refractivity contribution >= 4 is 37.7 Å². The van der Waals surface area contributed by atoms with Crippen LogP contribution in [0.2, 0.25) is 0 Å². The number of fused-ring (bicyclic) bond motifs is 2. The predicted octanol–water partition coefficient (Wildman–Crippen LogP) is 9.13. The van der Waals surface area contributed by atoms with Crippen LogP contribution in [0.15, 0.2) is 112 Å². The number of aromatic nitrogens is 4. The molecule has 2 aromatic heterocycles. The van der Waals surface area contributed by atoms with Crippen LogP contribution in [0.25, 0.3) is 21.8 Å². The molecule has 256 valence electrons. The lowest BCUT2D eigenvalue weighted by molar-refractivity contribution is 0.499. The molecule has 0 saturated heterocycles. The van der Waals surface area contributed by atoms with Gasteiger partial charge in [-0.15, -0.1) is 6.42 Å². The van der Waals surface area contributed by atoms with Crippen molar-refractivity contribution < 1.29 is 8.78 Å². The smallest absolute Gasteiger partial charge is 0.261 e. The summed E-state index contributed by atoms with van der Waals surface area (Å²) in [6.45, 7) is 0. The zero-order valence-electron chi connectivity index (χ0n) is 27.9. The van der Waals surface area contributed by atoms with Crippen molar-refractivity contribution in [2.45, 2.75) is 63.5 Å². The van der Waals surface area contributed by atoms with Crippen molar-refractivity contribution in [2.24, 2.45) is 0 Å². The Morgan fingerprint density at radius 2 is 1.10 bits per heavy atom. The molecule has 0 amide bonds. The molecule has 2 heterocycles. The first-order chi connectivity index (χ1) is 24.8. The molecule has 2 aliphatic carbocycles. The van der Waals surface area contributed by atoms with Crippen LogP contribution < -0.4 is 11.1 Å². The first-order valence-corrected chi connectivity index (χ1v) is 17.8. The summed E-state index contributed by atoms with van der Waals surface area (Å²) in [5.41, 5.74) is 3.46. The zero-order chi connectivity index (χ0) is 35.7. The van der Waals surface area contributed by atoms with Crippen LogP contribution >= 0.6 is 15.9 Å². The molecule has 0 atom stereocenters. The van der Waals surface area contributed by atoms with Crippen molar-refractivity contribution in [3.8, 4) is 24.2 Å². The summed E-state index contributed by atoms with van der Waals surface area (Å²) >= 11 is 3.39. The number of halogens is 3. The summed E-state index contributed by atoms with van der Waals surface area (Å²) < 4.78 is 30.0. The minimum atomic E-state index is -0.306. The Morgan fingerprint density at radius 3 is 1.61 bits per heavy atom. The van der Waals surface area contributed by atoms with E-state index in [1.165, 1.54) is 49.9 Å². The van der Waals surface area contributed by atoms with Gasteiger partial charge in [0, 0.05) is 33.2 Å². The van der Waals surface area contributed by atoms with Gasteiger partial charge in [-0.3, -0.25) is 18.7 Å². The molecule has 8 rings (SSSR count). The van der Waals surface area contributed by atoms with Crippen LogP contribution in [0, 0.1) is 35.8 Å². The Kier molecular flexibility index (Phi) is 11.5. The van der Waals surface area contributed by atoms with E-state index in [4.69, 9.17) is 6.42 Å². The maximum Gasteiger partial charge on any atom is 0.261 e. The number of rotatable bonds is 2. The second-order valence-electron chi connectivity index (χ2n) is 12.6. The van der Waals surface area contributed by atoms with Gasteiger partial charge in [-0.2, -0.15) is 0 Å². The molecule has 6 aromatic rings. The molecular weight excluding hydrogens is 710 g/mol. The minimum Gasteiger partial charge on any atom is -0.296 e. The molecule has 0 N–H and O–H groups in total. The lowest BCUT2D eigenvalue weighted by atomic mass is 10.1. The highest BCUT2D eigenvalue weighted by Gasteiger charge is 2.20. The highest BCUT2D eigenvalue weighted by atomic mass is 79.9. The Bertz CT molecular complexity index is 2410. The van der Waals surface area contributed by atoms with Crippen LogP contribution in [0.5, 0.6) is 0 Å². The quantitative estimate of drug-likeness (QED) is 0.166. The van der Waals surface area contributed by atoms with Gasteiger partial charge in [-0.1, -0.05) is 71.5 Å². The molecule has 6 nitrogen and oxygen atoms in total. The lowest BCUT2D eigenvalue weighted by Crippen LogP contribution is -2.23. The Balaban J connectivity index is 0.000000148. The second kappa shape index (κ2) is 16.6. The molecule has 0 aliphatic heterocycles. The van der Waals surface area contributed by atoms with E-state index in [0.29, 0.717) is 33.5 Å². The molecule has 0 spiro atoms. The fourth-order valence-electron chi connectivity index (χ4n) is 6.50. The summed E-state index contributed by atoms with van der Waals surface area (Å²) in [4.78, 5) is 33.9. The largest absolute Gasteiger partial charge is 0.296 e. The standard InChI is InChI=1S/C21H17FN2O.C13H13BrN2O.C8H5F/c22-17-5-3-4-15(12-17)8-9-16-10-11-19-20(13-16)23-14-24(21(19)25)18-6-1-2-7-18;14-9-5-6-11-12(7-9)15-8-16(13(11)17)10-3-1-2-4-10;1-2-7-4-3-5-8(9)6-7/h3-5,10-14,18H,1-2,6-7H2;5-8,10H,1-4H2;1,3-6H. The molecule has 4 aromatic carbocycles. The molecular formula is C42H35BrF2N4O2. The number of hydrogen-bond acceptors (Lipinski definition) is 4. The lowest BCUT2D eigenvalue weighted by Gasteiger charge is -2.13. The van der Waals surface area contributed by atoms with Crippen molar-refractivity contribution in [3.63, 3.8) is 0 Å². The average Bonchev–Trinajstić information content (AvgIpc) is 3.88. The van der Waals surface area contributed by atoms with Gasteiger partial charge >= 0.3 is 0 Å². The SMILES string of the molecule is C#Cc1cccc(F)c1.O=c1c2ccc(Br)cc2ncn1C1CCCC1.O=c1c2ccc(C#Cc3cccc(F)c3)cc2ncn1C1CCCC1. The van der Waals surface area contributed by atoms with E-state index >= 15 is 0 Å². The van der Waals surface area contributed by atoms with Crippen molar-refractivity contribution in [3.05, 3.63) is 151 Å². The molecule has 0 unspecified atom stereocenters. The van der Waals surface area contributed by atoms with Gasteiger partial charge in [0.25, 0.3) is 11.1 Å². The molecule has 0 radical (unpaired) electrons. The average molecular weight is 746 g/mol. The fourth-order valence-corrected chi connectivity index (χ4v) is 6.84. The van der Waals surface area contributed by atoms with Gasteiger partial charge in [0.15, 0.2) is 0 Å². The first kappa shape index (κ1) is 35.4. The Morgan fingerprint density at radius 1 is 0.627 bits per heavy atom. The van der Waals surface area contributed by atoms with Gasteiger partial charge in [0.1, 0.15) is 11.6 Å². The van der Waals surface area contributed by atoms with Gasteiger partial charge in [-0.05, 0) is 98.5 Å². The maximum absolute atomic E-state index is 13.2.